The van der Waals surface area contributed by atoms with Crippen LogP contribution in [0.25, 0.3) is 10.9 Å². The number of phenols is 1. The Morgan fingerprint density at radius 2 is 2.19 bits per heavy atom. The zero-order valence-corrected chi connectivity index (χ0v) is 8.98. The fraction of sp³-hybridized carbons (Fsp3) is 0.250. The van der Waals surface area contributed by atoms with Crippen LogP contribution in [0.5, 0.6) is 5.75 Å². The molecule has 4 nitrogen and oxygen atoms in total. The summed E-state index contributed by atoms with van der Waals surface area (Å²) < 4.78 is 0. The summed E-state index contributed by atoms with van der Waals surface area (Å²) >= 11 is 0. The first-order valence-corrected chi connectivity index (χ1v) is 5.29. The van der Waals surface area contributed by atoms with E-state index in [0.29, 0.717) is 12.1 Å². The molecule has 16 heavy (non-hydrogen) atoms. The number of aromatic hydroxyl groups is 1. The Morgan fingerprint density at radius 1 is 1.31 bits per heavy atom. The van der Waals surface area contributed by atoms with Crippen LogP contribution in [0.3, 0.4) is 0 Å². The molecule has 0 saturated heterocycles. The summed E-state index contributed by atoms with van der Waals surface area (Å²) in [5, 5.41) is 13.9. The van der Waals surface area contributed by atoms with Crippen LogP contribution in [0.2, 0.25) is 0 Å². The van der Waals surface area contributed by atoms with Crippen molar-refractivity contribution in [2.24, 2.45) is 5.73 Å². The number of nitrogens with two attached hydrogens (primary N) is 1. The Kier molecular flexibility index (Phi) is 3.34. The van der Waals surface area contributed by atoms with Crippen molar-refractivity contribution < 1.29 is 5.11 Å². The van der Waals surface area contributed by atoms with Crippen LogP contribution in [0, 0.1) is 0 Å². The van der Waals surface area contributed by atoms with Gasteiger partial charge in [0.1, 0.15) is 11.3 Å². The van der Waals surface area contributed by atoms with E-state index in [0.717, 1.165) is 24.0 Å². The van der Waals surface area contributed by atoms with Crippen LogP contribution in [0.1, 0.15) is 5.56 Å². The van der Waals surface area contributed by atoms with Gasteiger partial charge in [0.2, 0.25) is 0 Å². The molecule has 0 spiro atoms. The molecule has 84 valence electrons. The van der Waals surface area contributed by atoms with Crippen LogP contribution >= 0.6 is 0 Å². The standard InChI is InChI=1S/C12H15N3O/c13-5-7-14-8-9-3-4-11(16)12-10(9)2-1-6-15-12/h1-4,6,14,16H,5,7-8,13H2. The monoisotopic (exact) mass is 217 g/mol. The smallest absolute Gasteiger partial charge is 0.141 e. The quantitative estimate of drug-likeness (QED) is 0.668. The molecule has 0 unspecified atom stereocenters. The highest BCUT2D eigenvalue weighted by molar-refractivity contribution is 5.87. The normalized spacial score (nSPS) is 10.8. The van der Waals surface area contributed by atoms with Crippen LogP contribution in [0.4, 0.5) is 0 Å². The molecule has 0 bridgehead atoms. The molecule has 0 radical (unpaired) electrons. The van der Waals surface area contributed by atoms with Crippen molar-refractivity contribution in [2.45, 2.75) is 6.54 Å². The van der Waals surface area contributed by atoms with Gasteiger partial charge in [-0.3, -0.25) is 4.98 Å². The molecule has 1 aromatic carbocycles. The first-order valence-electron chi connectivity index (χ1n) is 5.29. The van der Waals surface area contributed by atoms with E-state index in [2.05, 4.69) is 10.3 Å². The fourth-order valence-electron chi connectivity index (χ4n) is 1.70. The van der Waals surface area contributed by atoms with Gasteiger partial charge in [0.25, 0.3) is 0 Å². The number of benzene rings is 1. The zero-order valence-electron chi connectivity index (χ0n) is 8.98. The van der Waals surface area contributed by atoms with Gasteiger partial charge in [0, 0.05) is 31.2 Å². The molecular formula is C12H15N3O. The second-order valence-corrected chi connectivity index (χ2v) is 3.61. The van der Waals surface area contributed by atoms with Crippen LogP contribution in [-0.4, -0.2) is 23.2 Å². The Hall–Kier alpha value is -1.65. The van der Waals surface area contributed by atoms with Crippen molar-refractivity contribution >= 4 is 10.9 Å². The van der Waals surface area contributed by atoms with Crippen molar-refractivity contribution in [3.05, 3.63) is 36.0 Å². The number of hydrogen-bond donors (Lipinski definition) is 3. The summed E-state index contributed by atoms with van der Waals surface area (Å²) in [6.07, 6.45) is 1.68. The van der Waals surface area contributed by atoms with Crippen molar-refractivity contribution in [3.63, 3.8) is 0 Å². The van der Waals surface area contributed by atoms with E-state index in [4.69, 9.17) is 5.73 Å². The highest BCUT2D eigenvalue weighted by Gasteiger charge is 2.04. The zero-order chi connectivity index (χ0) is 11.4. The maximum Gasteiger partial charge on any atom is 0.141 e. The van der Waals surface area contributed by atoms with Gasteiger partial charge in [0.05, 0.1) is 0 Å². The molecule has 0 amide bonds. The van der Waals surface area contributed by atoms with Gasteiger partial charge >= 0.3 is 0 Å². The third-order valence-electron chi connectivity index (χ3n) is 2.48. The van der Waals surface area contributed by atoms with E-state index >= 15 is 0 Å². The second-order valence-electron chi connectivity index (χ2n) is 3.61. The Balaban J connectivity index is 2.35. The number of nitrogens with one attached hydrogen (secondary N) is 1. The topological polar surface area (TPSA) is 71.2 Å². The molecule has 4 heteroatoms. The van der Waals surface area contributed by atoms with Crippen LogP contribution in [-0.2, 0) is 6.54 Å². The van der Waals surface area contributed by atoms with Gasteiger partial charge in [0.15, 0.2) is 0 Å². The van der Waals surface area contributed by atoms with Gasteiger partial charge < -0.3 is 16.2 Å². The lowest BCUT2D eigenvalue weighted by Crippen LogP contribution is -2.21. The predicted molar refractivity (Wildman–Crippen MR) is 64.2 cm³/mol. The van der Waals surface area contributed by atoms with Crippen molar-refractivity contribution in [1.29, 1.82) is 0 Å². The minimum Gasteiger partial charge on any atom is -0.506 e. The lowest BCUT2D eigenvalue weighted by atomic mass is 10.1. The first kappa shape index (κ1) is 10.9. The van der Waals surface area contributed by atoms with E-state index in [1.807, 2.05) is 18.2 Å². The van der Waals surface area contributed by atoms with Crippen LogP contribution < -0.4 is 11.1 Å². The van der Waals surface area contributed by atoms with Gasteiger partial charge in [-0.25, -0.2) is 0 Å². The molecule has 0 aliphatic rings. The van der Waals surface area contributed by atoms with Crippen LogP contribution in [0.15, 0.2) is 30.5 Å². The molecule has 4 N–H and O–H groups in total. The highest BCUT2D eigenvalue weighted by Crippen LogP contribution is 2.25. The average molecular weight is 217 g/mol. The summed E-state index contributed by atoms with van der Waals surface area (Å²) in [5.74, 6) is 0.221. The second kappa shape index (κ2) is 4.92. The van der Waals surface area contributed by atoms with E-state index in [1.165, 1.54) is 0 Å². The van der Waals surface area contributed by atoms with Gasteiger partial charge in [-0.1, -0.05) is 12.1 Å². The minimum atomic E-state index is 0.221. The number of nitrogens with zero attached hydrogens (tertiary/aromatic N) is 1. The summed E-state index contributed by atoms with van der Waals surface area (Å²) in [5.41, 5.74) is 7.18. The van der Waals surface area contributed by atoms with Crippen molar-refractivity contribution in [1.82, 2.24) is 10.3 Å². The Morgan fingerprint density at radius 3 is 3.00 bits per heavy atom. The molecule has 2 aromatic rings. The summed E-state index contributed by atoms with van der Waals surface area (Å²) in [4.78, 5) is 4.17. The summed E-state index contributed by atoms with van der Waals surface area (Å²) in [6, 6.07) is 7.41. The molecule has 0 aliphatic carbocycles. The maximum absolute atomic E-state index is 9.66. The largest absolute Gasteiger partial charge is 0.506 e. The van der Waals surface area contributed by atoms with Gasteiger partial charge in [-0.05, 0) is 17.7 Å². The lowest BCUT2D eigenvalue weighted by molar-refractivity contribution is 0.480. The highest BCUT2D eigenvalue weighted by atomic mass is 16.3. The number of phenolic OH excluding ortho intramolecular Hbond substituents is 1. The third-order valence-corrected chi connectivity index (χ3v) is 2.48. The molecule has 0 atom stereocenters. The van der Waals surface area contributed by atoms with Crippen molar-refractivity contribution in [3.8, 4) is 5.75 Å². The number of rotatable bonds is 4. The third kappa shape index (κ3) is 2.13. The van der Waals surface area contributed by atoms with Gasteiger partial charge in [-0.2, -0.15) is 0 Å². The molecule has 2 rings (SSSR count). The summed E-state index contributed by atoms with van der Waals surface area (Å²) in [6.45, 7) is 2.14. The van der Waals surface area contributed by atoms with E-state index in [9.17, 15) is 5.11 Å². The maximum atomic E-state index is 9.66. The number of fused-ring (bicyclic) bond motifs is 1. The number of hydrogen-bond acceptors (Lipinski definition) is 4. The minimum absolute atomic E-state index is 0.221. The molecule has 1 aromatic heterocycles. The van der Waals surface area contributed by atoms with Crippen molar-refractivity contribution in [2.75, 3.05) is 13.1 Å². The first-order chi connectivity index (χ1) is 7.83. The van der Waals surface area contributed by atoms with E-state index in [-0.39, 0.29) is 5.75 Å². The molecule has 0 saturated carbocycles. The Bertz CT molecular complexity index is 485. The molecule has 1 heterocycles. The SMILES string of the molecule is NCCNCc1ccc(O)c2ncccc12. The Labute approximate surface area is 94.1 Å². The molecular weight excluding hydrogens is 202 g/mol. The molecule has 0 aliphatic heterocycles. The van der Waals surface area contributed by atoms with E-state index in [1.54, 1.807) is 12.3 Å². The fourth-order valence-corrected chi connectivity index (χ4v) is 1.70. The predicted octanol–water partition coefficient (Wildman–Crippen LogP) is 0.989. The average Bonchev–Trinajstić information content (AvgIpc) is 2.33. The van der Waals surface area contributed by atoms with Gasteiger partial charge in [-0.15, -0.1) is 0 Å². The molecule has 0 fully saturated rings. The number of aromatic nitrogens is 1. The van der Waals surface area contributed by atoms with E-state index < -0.39 is 0 Å². The lowest BCUT2D eigenvalue weighted by Gasteiger charge is -2.08. The summed E-state index contributed by atoms with van der Waals surface area (Å²) in [7, 11) is 0. The number of pyridine rings is 1.